The lowest BCUT2D eigenvalue weighted by molar-refractivity contribution is -0.121. The average Bonchev–Trinajstić information content (AvgIpc) is 2.85. The molecule has 0 radical (unpaired) electrons. The second-order valence-electron chi connectivity index (χ2n) is 7.73. The number of methoxy groups -OCH3 is 2. The maximum atomic E-state index is 13.4. The second-order valence-corrected chi connectivity index (χ2v) is 10.5. The summed E-state index contributed by atoms with van der Waals surface area (Å²) in [6, 6.07) is 16.2. The maximum absolute atomic E-state index is 13.4. The third-order valence-electron chi connectivity index (χ3n) is 5.15. The van der Waals surface area contributed by atoms with Gasteiger partial charge >= 0.3 is 0 Å². The fourth-order valence-electron chi connectivity index (χ4n) is 3.23. The predicted octanol–water partition coefficient (Wildman–Crippen LogP) is 4.66. The van der Waals surface area contributed by atoms with E-state index in [0.717, 1.165) is 9.87 Å². The zero-order chi connectivity index (χ0) is 26.3. The SMILES string of the molecule is COc1ccc(/C=N\NC(=O)CN(Cc2ccc(Cl)cc2Cl)S(=O)(=O)c2ccc(C)cc2)cc1OC. The first kappa shape index (κ1) is 27.5. The highest BCUT2D eigenvalue weighted by atomic mass is 35.5. The van der Waals surface area contributed by atoms with Crippen LogP contribution >= 0.6 is 23.2 Å². The number of ether oxygens (including phenoxy) is 2. The molecule has 0 heterocycles. The van der Waals surface area contributed by atoms with Crippen molar-refractivity contribution < 1.29 is 22.7 Å². The number of carbonyl (C=O) groups is 1. The lowest BCUT2D eigenvalue weighted by atomic mass is 10.2. The number of nitrogens with one attached hydrogen (secondary N) is 1. The molecule has 0 aliphatic heterocycles. The molecule has 0 unspecified atom stereocenters. The molecule has 11 heteroatoms. The molecule has 8 nitrogen and oxygen atoms in total. The van der Waals surface area contributed by atoms with Crippen molar-refractivity contribution in [2.45, 2.75) is 18.4 Å². The molecule has 0 bridgehead atoms. The van der Waals surface area contributed by atoms with Crippen molar-refractivity contribution in [3.8, 4) is 11.5 Å². The van der Waals surface area contributed by atoms with Crippen molar-refractivity contribution in [3.05, 3.63) is 87.4 Å². The van der Waals surface area contributed by atoms with Crippen molar-refractivity contribution in [2.75, 3.05) is 20.8 Å². The Morgan fingerprint density at radius 2 is 1.69 bits per heavy atom. The van der Waals surface area contributed by atoms with Crippen LogP contribution in [0.4, 0.5) is 0 Å². The molecule has 0 saturated heterocycles. The van der Waals surface area contributed by atoms with Crippen LogP contribution in [0.25, 0.3) is 0 Å². The minimum absolute atomic E-state index is 0.0554. The molecule has 0 spiro atoms. The van der Waals surface area contributed by atoms with Crippen molar-refractivity contribution in [1.29, 1.82) is 0 Å². The Balaban J connectivity index is 1.81. The van der Waals surface area contributed by atoms with Crippen LogP contribution in [0.1, 0.15) is 16.7 Å². The smallest absolute Gasteiger partial charge is 0.255 e. The van der Waals surface area contributed by atoms with Gasteiger partial charge in [-0.25, -0.2) is 13.8 Å². The Bertz CT molecular complexity index is 1360. The summed E-state index contributed by atoms with van der Waals surface area (Å²) in [7, 11) is -0.996. The minimum atomic E-state index is -4.03. The molecule has 1 amide bonds. The molecule has 36 heavy (non-hydrogen) atoms. The number of hydrogen-bond acceptors (Lipinski definition) is 6. The summed E-state index contributed by atoms with van der Waals surface area (Å²) in [5.74, 6) is 0.423. The van der Waals surface area contributed by atoms with Gasteiger partial charge in [0.25, 0.3) is 5.91 Å². The van der Waals surface area contributed by atoms with Crippen LogP contribution in [0.5, 0.6) is 11.5 Å². The average molecular weight is 550 g/mol. The predicted molar refractivity (Wildman–Crippen MR) is 141 cm³/mol. The third kappa shape index (κ3) is 6.98. The van der Waals surface area contributed by atoms with Crippen LogP contribution < -0.4 is 14.9 Å². The maximum Gasteiger partial charge on any atom is 0.255 e. The number of benzene rings is 3. The van der Waals surface area contributed by atoms with Crippen molar-refractivity contribution in [2.24, 2.45) is 5.10 Å². The van der Waals surface area contributed by atoms with Crippen molar-refractivity contribution in [3.63, 3.8) is 0 Å². The van der Waals surface area contributed by atoms with Gasteiger partial charge in [0, 0.05) is 16.6 Å². The molecule has 0 aliphatic rings. The van der Waals surface area contributed by atoms with Gasteiger partial charge in [-0.2, -0.15) is 9.41 Å². The molecule has 0 aliphatic carbocycles. The first-order chi connectivity index (χ1) is 17.1. The minimum Gasteiger partial charge on any atom is -0.493 e. The van der Waals surface area contributed by atoms with E-state index >= 15 is 0 Å². The zero-order valence-corrected chi connectivity index (χ0v) is 22.2. The summed E-state index contributed by atoms with van der Waals surface area (Å²) in [6.45, 7) is 1.23. The molecular weight excluding hydrogens is 525 g/mol. The Morgan fingerprint density at radius 1 is 1.00 bits per heavy atom. The largest absolute Gasteiger partial charge is 0.493 e. The number of halogens is 2. The number of carbonyl (C=O) groups excluding carboxylic acids is 1. The van der Waals surface area contributed by atoms with E-state index in [4.69, 9.17) is 32.7 Å². The summed E-state index contributed by atoms with van der Waals surface area (Å²) >= 11 is 12.2. The van der Waals surface area contributed by atoms with Crippen LogP contribution in [0, 0.1) is 6.92 Å². The van der Waals surface area contributed by atoms with Gasteiger partial charge in [0.05, 0.1) is 31.9 Å². The summed E-state index contributed by atoms with van der Waals surface area (Å²) in [6.07, 6.45) is 1.41. The fourth-order valence-corrected chi connectivity index (χ4v) is 5.08. The molecule has 3 aromatic carbocycles. The summed E-state index contributed by atoms with van der Waals surface area (Å²) in [5.41, 5.74) is 4.42. The van der Waals surface area contributed by atoms with Crippen LogP contribution in [0.3, 0.4) is 0 Å². The number of nitrogens with zero attached hydrogens (tertiary/aromatic N) is 2. The third-order valence-corrected chi connectivity index (χ3v) is 7.54. The Labute approximate surface area is 220 Å². The topological polar surface area (TPSA) is 97.3 Å². The molecule has 190 valence electrons. The van der Waals surface area contributed by atoms with E-state index in [1.165, 1.54) is 38.6 Å². The van der Waals surface area contributed by atoms with Crippen LogP contribution in [-0.2, 0) is 21.4 Å². The first-order valence-electron chi connectivity index (χ1n) is 10.7. The monoisotopic (exact) mass is 549 g/mol. The van der Waals surface area contributed by atoms with Gasteiger partial charge in [0.2, 0.25) is 10.0 Å². The van der Waals surface area contributed by atoms with Crippen LogP contribution in [-0.4, -0.2) is 45.6 Å². The molecule has 3 rings (SSSR count). The second kappa shape index (κ2) is 12.2. The number of sulfonamides is 1. The van der Waals surface area contributed by atoms with E-state index < -0.39 is 22.5 Å². The fraction of sp³-hybridized carbons (Fsp3) is 0.200. The highest BCUT2D eigenvalue weighted by Gasteiger charge is 2.27. The quantitative estimate of drug-likeness (QED) is 0.293. The van der Waals surface area contributed by atoms with Gasteiger partial charge in [-0.05, 0) is 60.5 Å². The van der Waals surface area contributed by atoms with Gasteiger partial charge in [-0.1, -0.05) is 47.0 Å². The van der Waals surface area contributed by atoms with Gasteiger partial charge in [-0.15, -0.1) is 0 Å². The molecular formula is C25H25Cl2N3O5S. The van der Waals surface area contributed by atoms with E-state index in [0.29, 0.717) is 32.7 Å². The Hall–Kier alpha value is -3.11. The number of rotatable bonds is 10. The number of amides is 1. The van der Waals surface area contributed by atoms with Crippen molar-refractivity contribution >= 4 is 45.3 Å². The van der Waals surface area contributed by atoms with E-state index in [9.17, 15) is 13.2 Å². The van der Waals surface area contributed by atoms with Gasteiger partial charge < -0.3 is 9.47 Å². The Morgan fingerprint density at radius 3 is 2.33 bits per heavy atom. The van der Waals surface area contributed by atoms with Crippen LogP contribution in [0.2, 0.25) is 10.0 Å². The molecule has 0 saturated carbocycles. The summed E-state index contributed by atoms with van der Waals surface area (Å²) in [5, 5.41) is 4.65. The molecule has 0 atom stereocenters. The lowest BCUT2D eigenvalue weighted by Crippen LogP contribution is -2.39. The number of aryl methyl sites for hydroxylation is 1. The summed E-state index contributed by atoms with van der Waals surface area (Å²) in [4.78, 5) is 12.8. The highest BCUT2D eigenvalue weighted by Crippen LogP contribution is 2.27. The zero-order valence-electron chi connectivity index (χ0n) is 19.9. The van der Waals surface area contributed by atoms with Gasteiger partial charge in [0.15, 0.2) is 11.5 Å². The van der Waals surface area contributed by atoms with E-state index in [-0.39, 0.29) is 11.4 Å². The van der Waals surface area contributed by atoms with Gasteiger partial charge in [0.1, 0.15) is 0 Å². The van der Waals surface area contributed by atoms with E-state index in [2.05, 4.69) is 10.5 Å². The van der Waals surface area contributed by atoms with E-state index in [1.807, 2.05) is 6.92 Å². The van der Waals surface area contributed by atoms with E-state index in [1.54, 1.807) is 42.5 Å². The summed E-state index contributed by atoms with van der Waals surface area (Å²) < 4.78 is 38.3. The Kier molecular flexibility index (Phi) is 9.33. The molecule has 0 fully saturated rings. The highest BCUT2D eigenvalue weighted by molar-refractivity contribution is 7.89. The normalized spacial score (nSPS) is 11.6. The van der Waals surface area contributed by atoms with Crippen molar-refractivity contribution in [1.82, 2.24) is 9.73 Å². The molecule has 1 N–H and O–H groups in total. The standard InChI is InChI=1S/C25H25Cl2N3O5S/c1-17-4-9-21(10-5-17)36(32,33)30(15-19-7-8-20(26)13-22(19)27)16-25(31)29-28-14-18-6-11-23(34-2)24(12-18)35-3/h4-14H,15-16H2,1-3H3,(H,29,31)/b28-14-. The van der Waals surface area contributed by atoms with Crippen LogP contribution in [0.15, 0.2) is 70.7 Å². The van der Waals surface area contributed by atoms with Gasteiger partial charge in [-0.3, -0.25) is 4.79 Å². The first-order valence-corrected chi connectivity index (χ1v) is 12.9. The number of hydrazone groups is 1. The number of hydrogen-bond donors (Lipinski definition) is 1. The molecule has 3 aromatic rings. The molecule has 0 aromatic heterocycles. The lowest BCUT2D eigenvalue weighted by Gasteiger charge is -2.22.